The lowest BCUT2D eigenvalue weighted by Crippen LogP contribution is -2.45. The fraction of sp³-hybridized carbons (Fsp3) is 0.316. The van der Waals surface area contributed by atoms with Crippen LogP contribution in [0.3, 0.4) is 0 Å². The lowest BCUT2D eigenvalue weighted by atomic mass is 9.82. The summed E-state index contributed by atoms with van der Waals surface area (Å²) in [6.45, 7) is 0. The predicted molar refractivity (Wildman–Crippen MR) is 91.7 cm³/mol. The minimum absolute atomic E-state index is 0.130. The average Bonchev–Trinajstić information content (AvgIpc) is 3.08. The fourth-order valence-corrected chi connectivity index (χ4v) is 3.10. The number of nitrogens with one attached hydrogen (secondary N) is 1. The minimum atomic E-state index is -1.11. The third kappa shape index (κ3) is 4.19. The van der Waals surface area contributed by atoms with Crippen LogP contribution in [0.5, 0.6) is 0 Å². The van der Waals surface area contributed by atoms with E-state index in [-0.39, 0.29) is 17.7 Å². The molecule has 0 bridgehead atoms. The molecule has 0 spiro atoms. The summed E-state index contributed by atoms with van der Waals surface area (Å²) in [4.78, 5) is 12.1. The van der Waals surface area contributed by atoms with Crippen molar-refractivity contribution in [2.45, 2.75) is 37.3 Å². The third-order valence-electron chi connectivity index (χ3n) is 4.07. The summed E-state index contributed by atoms with van der Waals surface area (Å²) in [6, 6.07) is 10.4. The van der Waals surface area contributed by atoms with Gasteiger partial charge in [-0.2, -0.15) is 0 Å². The lowest BCUT2D eigenvalue weighted by Gasteiger charge is -2.33. The van der Waals surface area contributed by atoms with Crippen LogP contribution in [0, 0.1) is 11.8 Å². The van der Waals surface area contributed by atoms with E-state index in [9.17, 15) is 9.90 Å². The highest BCUT2D eigenvalue weighted by Crippen LogP contribution is 2.28. The molecule has 1 aromatic heterocycles. The maximum Gasteiger partial charge on any atom is 0.287 e. The molecule has 1 unspecified atom stereocenters. The predicted octanol–water partition coefficient (Wildman–Crippen LogP) is 3.39. The molecule has 0 aliphatic heterocycles. The SMILES string of the molecule is O=C(N[C@@H]1CCCC(O)(C#Cc2cccc(Cl)c2)C1)c1ccco1. The smallest absolute Gasteiger partial charge is 0.287 e. The largest absolute Gasteiger partial charge is 0.459 e. The highest BCUT2D eigenvalue weighted by Gasteiger charge is 2.33. The van der Waals surface area contributed by atoms with Gasteiger partial charge in [-0.25, -0.2) is 0 Å². The Kier molecular flexibility index (Phi) is 4.94. The second-order valence-electron chi connectivity index (χ2n) is 6.04. The summed E-state index contributed by atoms with van der Waals surface area (Å²) in [5, 5.41) is 14.2. The van der Waals surface area contributed by atoms with Crippen LogP contribution in [0.1, 0.15) is 41.8 Å². The van der Waals surface area contributed by atoms with Crippen molar-refractivity contribution in [2.24, 2.45) is 0 Å². The van der Waals surface area contributed by atoms with Crippen molar-refractivity contribution in [1.82, 2.24) is 5.32 Å². The van der Waals surface area contributed by atoms with Crippen LogP contribution in [0.2, 0.25) is 5.02 Å². The first-order valence-corrected chi connectivity index (χ1v) is 8.27. The Labute approximate surface area is 145 Å². The number of carbonyl (C=O) groups is 1. The zero-order valence-electron chi connectivity index (χ0n) is 13.1. The zero-order chi connectivity index (χ0) is 17.0. The van der Waals surface area contributed by atoms with Gasteiger partial charge < -0.3 is 14.8 Å². The molecule has 2 atom stereocenters. The first kappa shape index (κ1) is 16.6. The van der Waals surface area contributed by atoms with Gasteiger partial charge in [0.1, 0.15) is 5.60 Å². The molecule has 0 radical (unpaired) electrons. The quantitative estimate of drug-likeness (QED) is 0.822. The molecule has 124 valence electrons. The van der Waals surface area contributed by atoms with Crippen LogP contribution in [0.15, 0.2) is 47.1 Å². The summed E-state index contributed by atoms with van der Waals surface area (Å²) in [7, 11) is 0. The van der Waals surface area contributed by atoms with E-state index in [1.807, 2.05) is 12.1 Å². The lowest BCUT2D eigenvalue weighted by molar-refractivity contribution is 0.0448. The Bertz CT molecular complexity index is 775. The number of furan rings is 1. The van der Waals surface area contributed by atoms with E-state index >= 15 is 0 Å². The van der Waals surface area contributed by atoms with Crippen molar-refractivity contribution in [3.8, 4) is 11.8 Å². The molecule has 1 amide bonds. The molecule has 1 aliphatic rings. The summed E-state index contributed by atoms with van der Waals surface area (Å²) >= 11 is 5.94. The van der Waals surface area contributed by atoms with Crippen LogP contribution in [-0.4, -0.2) is 22.7 Å². The number of hydrogen-bond acceptors (Lipinski definition) is 3. The van der Waals surface area contributed by atoms with Crippen LogP contribution in [0.4, 0.5) is 0 Å². The number of benzene rings is 1. The van der Waals surface area contributed by atoms with Crippen LogP contribution in [-0.2, 0) is 0 Å². The van der Waals surface area contributed by atoms with Crippen molar-refractivity contribution >= 4 is 17.5 Å². The Hall–Kier alpha value is -2.22. The molecular formula is C19H18ClNO3. The van der Waals surface area contributed by atoms with Gasteiger partial charge in [0.2, 0.25) is 0 Å². The first-order chi connectivity index (χ1) is 11.5. The van der Waals surface area contributed by atoms with Crippen molar-refractivity contribution in [3.63, 3.8) is 0 Å². The van der Waals surface area contributed by atoms with E-state index < -0.39 is 5.60 Å². The fourth-order valence-electron chi connectivity index (χ4n) is 2.91. The van der Waals surface area contributed by atoms with Crippen LogP contribution < -0.4 is 5.32 Å². The van der Waals surface area contributed by atoms with Crippen molar-refractivity contribution in [1.29, 1.82) is 0 Å². The average molecular weight is 344 g/mol. The van der Waals surface area contributed by atoms with E-state index in [0.29, 0.717) is 17.9 Å². The van der Waals surface area contributed by atoms with Gasteiger partial charge in [-0.05, 0) is 49.6 Å². The molecule has 1 aliphatic carbocycles. The van der Waals surface area contributed by atoms with Gasteiger partial charge in [0.05, 0.1) is 6.26 Å². The topological polar surface area (TPSA) is 62.5 Å². The number of aliphatic hydroxyl groups is 1. The van der Waals surface area contributed by atoms with E-state index in [0.717, 1.165) is 18.4 Å². The Morgan fingerprint density at radius 2 is 2.25 bits per heavy atom. The number of carbonyl (C=O) groups excluding carboxylic acids is 1. The van der Waals surface area contributed by atoms with Crippen molar-refractivity contribution in [2.75, 3.05) is 0 Å². The van der Waals surface area contributed by atoms with Gasteiger partial charge in [-0.3, -0.25) is 4.79 Å². The molecule has 2 N–H and O–H groups in total. The monoisotopic (exact) mass is 343 g/mol. The maximum absolute atomic E-state index is 12.1. The zero-order valence-corrected chi connectivity index (χ0v) is 13.8. The molecule has 5 heteroatoms. The molecule has 4 nitrogen and oxygen atoms in total. The molecule has 3 rings (SSSR count). The van der Waals surface area contributed by atoms with Crippen molar-refractivity contribution in [3.05, 3.63) is 59.0 Å². The first-order valence-electron chi connectivity index (χ1n) is 7.90. The van der Waals surface area contributed by atoms with Gasteiger partial charge in [0.15, 0.2) is 5.76 Å². The number of hydrogen-bond donors (Lipinski definition) is 2. The van der Waals surface area contributed by atoms with E-state index in [4.69, 9.17) is 16.0 Å². The summed E-state index contributed by atoms with van der Waals surface area (Å²) in [5.41, 5.74) is -0.348. The van der Waals surface area contributed by atoms with Gasteiger partial charge in [-0.15, -0.1) is 0 Å². The normalized spacial score (nSPS) is 23.2. The Morgan fingerprint density at radius 3 is 3.00 bits per heavy atom. The number of rotatable bonds is 2. The molecule has 2 aromatic rings. The van der Waals surface area contributed by atoms with Crippen LogP contribution in [0.25, 0.3) is 0 Å². The number of halogens is 1. The van der Waals surface area contributed by atoms with Gasteiger partial charge >= 0.3 is 0 Å². The Balaban J connectivity index is 1.67. The summed E-state index contributed by atoms with van der Waals surface area (Å²) < 4.78 is 5.09. The maximum atomic E-state index is 12.1. The van der Waals surface area contributed by atoms with Gasteiger partial charge in [-0.1, -0.05) is 29.5 Å². The van der Waals surface area contributed by atoms with E-state index in [2.05, 4.69) is 17.2 Å². The molecule has 24 heavy (non-hydrogen) atoms. The molecule has 1 fully saturated rings. The molecule has 1 aromatic carbocycles. The second kappa shape index (κ2) is 7.12. The molecule has 1 saturated carbocycles. The standard InChI is InChI=1S/C19H18ClNO3/c20-15-5-1-4-14(12-15)8-10-19(23)9-2-6-16(13-19)21-18(22)17-7-3-11-24-17/h1,3-5,7,11-12,16,23H,2,6,9,13H2,(H,21,22)/t16-,19?/m1/s1. The highest BCUT2D eigenvalue weighted by molar-refractivity contribution is 6.30. The van der Waals surface area contributed by atoms with Crippen LogP contribution >= 0.6 is 11.6 Å². The summed E-state index contributed by atoms with van der Waals surface area (Å²) in [6.07, 6.45) is 4.06. The molecule has 0 saturated heterocycles. The highest BCUT2D eigenvalue weighted by atomic mass is 35.5. The molecular weight excluding hydrogens is 326 g/mol. The van der Waals surface area contributed by atoms with Gasteiger partial charge in [0, 0.05) is 23.0 Å². The Morgan fingerprint density at radius 1 is 1.38 bits per heavy atom. The summed E-state index contributed by atoms with van der Waals surface area (Å²) in [5.74, 6) is 5.94. The van der Waals surface area contributed by atoms with E-state index in [1.165, 1.54) is 6.26 Å². The second-order valence-corrected chi connectivity index (χ2v) is 6.47. The molecule has 1 heterocycles. The minimum Gasteiger partial charge on any atom is -0.459 e. The van der Waals surface area contributed by atoms with Crippen molar-refractivity contribution < 1.29 is 14.3 Å². The van der Waals surface area contributed by atoms with E-state index in [1.54, 1.807) is 24.3 Å². The number of amides is 1. The third-order valence-corrected chi connectivity index (χ3v) is 4.31. The van der Waals surface area contributed by atoms with Gasteiger partial charge in [0.25, 0.3) is 5.91 Å².